The van der Waals surface area contributed by atoms with Gasteiger partial charge in [-0.1, -0.05) is 23.7 Å². The molecular weight excluding hydrogens is 286 g/mol. The lowest BCUT2D eigenvalue weighted by Crippen LogP contribution is -2.30. The quantitative estimate of drug-likeness (QED) is 0.891. The Bertz CT molecular complexity index is 596. The number of amides is 1. The van der Waals surface area contributed by atoms with Crippen LogP contribution in [-0.2, 0) is 4.79 Å². The lowest BCUT2D eigenvalue weighted by molar-refractivity contribution is -0.115. The average molecular weight is 304 g/mol. The predicted octanol–water partition coefficient (Wildman–Crippen LogP) is 3.33. The van der Waals surface area contributed by atoms with Crippen molar-refractivity contribution in [1.82, 2.24) is 10.3 Å². The minimum Gasteiger partial charge on any atom is -0.323 e. The highest BCUT2D eigenvalue weighted by Crippen LogP contribution is 2.25. The van der Waals surface area contributed by atoms with Crippen molar-refractivity contribution in [2.45, 2.75) is 19.9 Å². The monoisotopic (exact) mass is 303 g/mol. The Morgan fingerprint density at radius 1 is 1.29 bits per heavy atom. The second-order valence-electron chi connectivity index (χ2n) is 4.86. The summed E-state index contributed by atoms with van der Waals surface area (Å²) in [5.74, 6) is -0.118. The Morgan fingerprint density at radius 3 is 2.67 bits per heavy atom. The summed E-state index contributed by atoms with van der Waals surface area (Å²) in [7, 11) is 0. The Labute approximate surface area is 129 Å². The van der Waals surface area contributed by atoms with Crippen LogP contribution in [0.4, 0.5) is 5.69 Å². The van der Waals surface area contributed by atoms with E-state index in [0.29, 0.717) is 10.7 Å². The van der Waals surface area contributed by atoms with Crippen LogP contribution in [0.3, 0.4) is 0 Å². The highest BCUT2D eigenvalue weighted by Gasteiger charge is 2.10. The second kappa shape index (κ2) is 7.20. The van der Waals surface area contributed by atoms with Crippen LogP contribution in [-0.4, -0.2) is 17.4 Å². The number of para-hydroxylation sites is 1. The molecule has 1 aromatic carbocycles. The topological polar surface area (TPSA) is 54.0 Å². The molecule has 5 heteroatoms. The molecule has 0 aliphatic carbocycles. The standard InChI is InChI=1S/C16H18ClN3O/c1-11-4-3-5-14(17)16(11)20-15(21)10-19-12(2)13-6-8-18-9-7-13/h3-9,12,19H,10H2,1-2H3,(H,20,21)/t12-/m0/s1. The molecule has 0 saturated carbocycles. The van der Waals surface area contributed by atoms with E-state index in [1.54, 1.807) is 18.5 Å². The number of aryl methyl sites for hydroxylation is 1. The molecule has 1 heterocycles. The Balaban J connectivity index is 1.91. The number of aromatic nitrogens is 1. The van der Waals surface area contributed by atoms with Crippen LogP contribution in [0, 0.1) is 6.92 Å². The number of nitrogens with zero attached hydrogens (tertiary/aromatic N) is 1. The molecule has 2 aromatic rings. The van der Waals surface area contributed by atoms with E-state index in [1.165, 1.54) is 0 Å². The number of hydrogen-bond acceptors (Lipinski definition) is 3. The molecule has 0 aliphatic heterocycles. The summed E-state index contributed by atoms with van der Waals surface area (Å²) in [4.78, 5) is 16.0. The normalized spacial score (nSPS) is 12.0. The van der Waals surface area contributed by atoms with Gasteiger partial charge in [0.1, 0.15) is 0 Å². The molecule has 0 spiro atoms. The van der Waals surface area contributed by atoms with Gasteiger partial charge in [0.2, 0.25) is 5.91 Å². The molecule has 2 rings (SSSR count). The van der Waals surface area contributed by atoms with Gasteiger partial charge >= 0.3 is 0 Å². The first-order chi connectivity index (χ1) is 10.1. The van der Waals surface area contributed by atoms with Crippen molar-refractivity contribution < 1.29 is 4.79 Å². The maximum absolute atomic E-state index is 12.0. The fourth-order valence-electron chi connectivity index (χ4n) is 1.99. The number of halogens is 1. The van der Waals surface area contributed by atoms with Gasteiger partial charge in [0.05, 0.1) is 17.3 Å². The summed E-state index contributed by atoms with van der Waals surface area (Å²) >= 11 is 6.09. The molecule has 4 nitrogen and oxygen atoms in total. The summed E-state index contributed by atoms with van der Waals surface area (Å²) in [6, 6.07) is 9.45. The minimum absolute atomic E-state index is 0.0751. The van der Waals surface area contributed by atoms with E-state index in [4.69, 9.17) is 11.6 Å². The van der Waals surface area contributed by atoms with Crippen LogP contribution >= 0.6 is 11.6 Å². The number of nitrogens with one attached hydrogen (secondary N) is 2. The maximum Gasteiger partial charge on any atom is 0.238 e. The lowest BCUT2D eigenvalue weighted by Gasteiger charge is -2.15. The van der Waals surface area contributed by atoms with E-state index in [2.05, 4.69) is 15.6 Å². The summed E-state index contributed by atoms with van der Waals surface area (Å²) in [5.41, 5.74) is 2.70. The van der Waals surface area contributed by atoms with Crippen LogP contribution in [0.1, 0.15) is 24.1 Å². The first-order valence-corrected chi connectivity index (χ1v) is 7.14. The minimum atomic E-state index is -0.118. The fraction of sp³-hybridized carbons (Fsp3) is 0.250. The molecule has 0 saturated heterocycles. The molecule has 1 amide bonds. The first kappa shape index (κ1) is 15.5. The van der Waals surface area contributed by atoms with E-state index in [9.17, 15) is 4.79 Å². The molecule has 0 fully saturated rings. The Morgan fingerprint density at radius 2 is 2.00 bits per heavy atom. The van der Waals surface area contributed by atoms with Gasteiger partial charge in [0.15, 0.2) is 0 Å². The summed E-state index contributed by atoms with van der Waals surface area (Å²) < 4.78 is 0. The van der Waals surface area contributed by atoms with Crippen LogP contribution in [0.2, 0.25) is 5.02 Å². The highest BCUT2D eigenvalue weighted by molar-refractivity contribution is 6.33. The number of carbonyl (C=O) groups excluding carboxylic acids is 1. The predicted molar refractivity (Wildman–Crippen MR) is 85.5 cm³/mol. The third kappa shape index (κ3) is 4.28. The van der Waals surface area contributed by atoms with Crippen LogP contribution in [0.15, 0.2) is 42.7 Å². The van der Waals surface area contributed by atoms with Crippen LogP contribution in [0.25, 0.3) is 0 Å². The smallest absolute Gasteiger partial charge is 0.238 e. The molecule has 1 aromatic heterocycles. The molecule has 0 bridgehead atoms. The van der Waals surface area contributed by atoms with Gasteiger partial charge in [-0.15, -0.1) is 0 Å². The van der Waals surface area contributed by atoms with Crippen molar-refractivity contribution in [2.75, 3.05) is 11.9 Å². The molecule has 0 aliphatic rings. The van der Waals surface area contributed by atoms with Crippen molar-refractivity contribution in [3.63, 3.8) is 0 Å². The third-order valence-corrected chi connectivity index (χ3v) is 3.58. The van der Waals surface area contributed by atoms with Crippen molar-refractivity contribution in [3.05, 3.63) is 58.9 Å². The molecular formula is C16H18ClN3O. The third-order valence-electron chi connectivity index (χ3n) is 3.26. The van der Waals surface area contributed by atoms with Gasteiger partial charge in [-0.3, -0.25) is 9.78 Å². The number of rotatable bonds is 5. The zero-order valence-electron chi connectivity index (χ0n) is 12.1. The average Bonchev–Trinajstić information content (AvgIpc) is 2.49. The number of benzene rings is 1. The second-order valence-corrected chi connectivity index (χ2v) is 5.27. The molecule has 2 N–H and O–H groups in total. The van der Waals surface area contributed by atoms with E-state index in [1.807, 2.05) is 38.1 Å². The number of pyridine rings is 1. The number of hydrogen-bond donors (Lipinski definition) is 2. The van der Waals surface area contributed by atoms with Gasteiger partial charge < -0.3 is 10.6 Å². The van der Waals surface area contributed by atoms with Gasteiger partial charge in [-0.25, -0.2) is 0 Å². The summed E-state index contributed by atoms with van der Waals surface area (Å²) in [5, 5.41) is 6.56. The maximum atomic E-state index is 12.0. The fourth-order valence-corrected chi connectivity index (χ4v) is 2.26. The molecule has 21 heavy (non-hydrogen) atoms. The van der Waals surface area contributed by atoms with E-state index >= 15 is 0 Å². The van der Waals surface area contributed by atoms with Crippen LogP contribution < -0.4 is 10.6 Å². The number of carbonyl (C=O) groups is 1. The SMILES string of the molecule is Cc1cccc(Cl)c1NC(=O)CN[C@@H](C)c1ccncc1. The summed E-state index contributed by atoms with van der Waals surface area (Å²) in [6.45, 7) is 4.13. The van der Waals surface area contributed by atoms with Gasteiger partial charge in [-0.2, -0.15) is 0 Å². The molecule has 1 atom stereocenters. The van der Waals surface area contributed by atoms with E-state index in [-0.39, 0.29) is 18.5 Å². The van der Waals surface area contributed by atoms with Gasteiger partial charge in [0, 0.05) is 18.4 Å². The largest absolute Gasteiger partial charge is 0.323 e. The Kier molecular flexibility index (Phi) is 5.31. The molecule has 0 unspecified atom stereocenters. The van der Waals surface area contributed by atoms with Crippen molar-refractivity contribution in [3.8, 4) is 0 Å². The van der Waals surface area contributed by atoms with E-state index in [0.717, 1.165) is 11.1 Å². The van der Waals surface area contributed by atoms with Gasteiger partial charge in [-0.05, 0) is 43.2 Å². The van der Waals surface area contributed by atoms with Crippen molar-refractivity contribution in [2.24, 2.45) is 0 Å². The van der Waals surface area contributed by atoms with Crippen molar-refractivity contribution >= 4 is 23.2 Å². The van der Waals surface area contributed by atoms with Gasteiger partial charge in [0.25, 0.3) is 0 Å². The Hall–Kier alpha value is -1.91. The lowest BCUT2D eigenvalue weighted by atomic mass is 10.1. The van der Waals surface area contributed by atoms with E-state index < -0.39 is 0 Å². The molecule has 110 valence electrons. The van der Waals surface area contributed by atoms with Crippen molar-refractivity contribution in [1.29, 1.82) is 0 Å². The molecule has 0 radical (unpaired) electrons. The zero-order chi connectivity index (χ0) is 15.2. The number of anilines is 1. The van der Waals surface area contributed by atoms with Crippen LogP contribution in [0.5, 0.6) is 0 Å². The highest BCUT2D eigenvalue weighted by atomic mass is 35.5. The zero-order valence-corrected chi connectivity index (χ0v) is 12.8. The first-order valence-electron chi connectivity index (χ1n) is 6.76. The summed E-state index contributed by atoms with van der Waals surface area (Å²) in [6.07, 6.45) is 3.47.